The second-order valence-corrected chi connectivity index (χ2v) is 6.07. The molecule has 2 aromatic rings. The first-order valence-corrected chi connectivity index (χ1v) is 7.83. The molecule has 0 aliphatic carbocycles. The van der Waals surface area contributed by atoms with Gasteiger partial charge in [-0.25, -0.2) is 9.97 Å². The Hall–Kier alpha value is -1.24. The first-order chi connectivity index (χ1) is 9.79. The molecule has 6 heteroatoms. The summed E-state index contributed by atoms with van der Waals surface area (Å²) in [6.07, 6.45) is 1.67. The molecule has 20 heavy (non-hydrogen) atoms. The lowest BCUT2D eigenvalue weighted by Gasteiger charge is -2.40. The Labute approximate surface area is 123 Å². The zero-order chi connectivity index (χ0) is 13.9. The average molecular weight is 292 g/mol. The van der Waals surface area contributed by atoms with Gasteiger partial charge in [-0.1, -0.05) is 0 Å². The number of ether oxygens (including phenoxy) is 1. The summed E-state index contributed by atoms with van der Waals surface area (Å²) in [6.45, 7) is 7.15. The zero-order valence-corrected chi connectivity index (χ0v) is 12.8. The van der Waals surface area contributed by atoms with Crippen molar-refractivity contribution in [2.24, 2.45) is 0 Å². The molecule has 0 radical (unpaired) electrons. The van der Waals surface area contributed by atoms with Crippen LogP contribution in [0.25, 0.3) is 10.2 Å². The predicted octanol–water partition coefficient (Wildman–Crippen LogP) is 1.85. The third-order valence-corrected chi connectivity index (χ3v) is 4.77. The minimum atomic E-state index is 0.517. The van der Waals surface area contributed by atoms with Crippen LogP contribution in [0.5, 0.6) is 0 Å². The van der Waals surface area contributed by atoms with Gasteiger partial charge in [0.05, 0.1) is 16.8 Å². The molecule has 0 spiro atoms. The van der Waals surface area contributed by atoms with E-state index in [-0.39, 0.29) is 0 Å². The summed E-state index contributed by atoms with van der Waals surface area (Å²) in [5.74, 6) is 1.09. The van der Waals surface area contributed by atoms with Crippen molar-refractivity contribution in [2.45, 2.75) is 13.0 Å². The number of piperazine rings is 1. The molecule has 2 aromatic heterocycles. The van der Waals surface area contributed by atoms with Crippen LogP contribution in [0.3, 0.4) is 0 Å². The van der Waals surface area contributed by atoms with Gasteiger partial charge in [-0.05, 0) is 18.4 Å². The van der Waals surface area contributed by atoms with Gasteiger partial charge in [0.2, 0.25) is 0 Å². The molecule has 1 atom stereocenters. The normalized spacial score (nSPS) is 20.7. The SMILES string of the molecule is COCCN1CCN(c2ncnc3ccsc23)CC1C. The van der Waals surface area contributed by atoms with Crippen molar-refractivity contribution < 1.29 is 4.74 Å². The Morgan fingerprint density at radius 1 is 1.40 bits per heavy atom. The summed E-state index contributed by atoms with van der Waals surface area (Å²) in [5.41, 5.74) is 1.05. The number of fused-ring (bicyclic) bond motifs is 1. The molecule has 108 valence electrons. The van der Waals surface area contributed by atoms with Gasteiger partial charge in [0.15, 0.2) is 0 Å². The first kappa shape index (κ1) is 13.7. The topological polar surface area (TPSA) is 41.5 Å². The molecule has 1 aliphatic rings. The summed E-state index contributed by atoms with van der Waals surface area (Å²) >= 11 is 1.72. The van der Waals surface area contributed by atoms with E-state index in [4.69, 9.17) is 4.74 Å². The Kier molecular flexibility index (Phi) is 4.14. The Morgan fingerprint density at radius 2 is 2.30 bits per heavy atom. The van der Waals surface area contributed by atoms with Crippen molar-refractivity contribution >= 4 is 27.4 Å². The molecule has 0 amide bonds. The fourth-order valence-electron chi connectivity index (χ4n) is 2.73. The van der Waals surface area contributed by atoms with Crippen molar-refractivity contribution in [3.05, 3.63) is 17.8 Å². The molecular formula is C14H20N4OS. The van der Waals surface area contributed by atoms with Gasteiger partial charge >= 0.3 is 0 Å². The molecule has 1 aliphatic heterocycles. The minimum Gasteiger partial charge on any atom is -0.383 e. The van der Waals surface area contributed by atoms with Crippen molar-refractivity contribution in [1.29, 1.82) is 0 Å². The van der Waals surface area contributed by atoms with Crippen LogP contribution in [0.1, 0.15) is 6.92 Å². The van der Waals surface area contributed by atoms with E-state index in [1.165, 1.54) is 4.70 Å². The number of hydrogen-bond donors (Lipinski definition) is 0. The van der Waals surface area contributed by atoms with Crippen LogP contribution >= 0.6 is 11.3 Å². The molecule has 1 unspecified atom stereocenters. The van der Waals surface area contributed by atoms with Crippen molar-refractivity contribution in [3.63, 3.8) is 0 Å². The van der Waals surface area contributed by atoms with Gasteiger partial charge in [0.25, 0.3) is 0 Å². The number of hydrogen-bond acceptors (Lipinski definition) is 6. The molecular weight excluding hydrogens is 272 g/mol. The lowest BCUT2D eigenvalue weighted by atomic mass is 10.2. The maximum Gasteiger partial charge on any atom is 0.150 e. The Balaban J connectivity index is 1.75. The van der Waals surface area contributed by atoms with Crippen LogP contribution in [-0.4, -0.2) is 60.8 Å². The van der Waals surface area contributed by atoms with E-state index in [2.05, 4.69) is 38.1 Å². The second kappa shape index (κ2) is 6.03. The van der Waals surface area contributed by atoms with E-state index < -0.39 is 0 Å². The van der Waals surface area contributed by atoms with Crippen LogP contribution in [0.4, 0.5) is 5.82 Å². The van der Waals surface area contributed by atoms with Crippen molar-refractivity contribution in [2.75, 3.05) is 44.8 Å². The van der Waals surface area contributed by atoms with Gasteiger partial charge in [-0.2, -0.15) is 0 Å². The highest BCUT2D eigenvalue weighted by molar-refractivity contribution is 7.17. The van der Waals surface area contributed by atoms with E-state index in [9.17, 15) is 0 Å². The lowest BCUT2D eigenvalue weighted by molar-refractivity contribution is 0.117. The van der Waals surface area contributed by atoms with Gasteiger partial charge < -0.3 is 9.64 Å². The highest BCUT2D eigenvalue weighted by atomic mass is 32.1. The fraction of sp³-hybridized carbons (Fsp3) is 0.571. The standard InChI is InChI=1S/C14H20N4OS/c1-11-9-18(5-4-17(11)6-7-19-2)14-13-12(3-8-20-13)15-10-16-14/h3,8,10-11H,4-7,9H2,1-2H3. The molecule has 1 saturated heterocycles. The summed E-state index contributed by atoms with van der Waals surface area (Å²) < 4.78 is 6.38. The molecule has 0 bridgehead atoms. The highest BCUT2D eigenvalue weighted by Gasteiger charge is 2.25. The van der Waals surface area contributed by atoms with Crippen molar-refractivity contribution in [3.8, 4) is 0 Å². The predicted molar refractivity (Wildman–Crippen MR) is 82.5 cm³/mol. The molecule has 5 nitrogen and oxygen atoms in total. The average Bonchev–Trinajstić information content (AvgIpc) is 2.94. The maximum atomic E-state index is 5.18. The number of nitrogens with zero attached hydrogens (tertiary/aromatic N) is 4. The number of thiophene rings is 1. The number of methoxy groups -OCH3 is 1. The van der Waals surface area contributed by atoms with Crippen LogP contribution < -0.4 is 4.90 Å². The number of anilines is 1. The highest BCUT2D eigenvalue weighted by Crippen LogP contribution is 2.29. The minimum absolute atomic E-state index is 0.517. The summed E-state index contributed by atoms with van der Waals surface area (Å²) in [6, 6.07) is 2.58. The zero-order valence-electron chi connectivity index (χ0n) is 12.0. The van der Waals surface area contributed by atoms with Crippen LogP contribution in [0.15, 0.2) is 17.8 Å². The van der Waals surface area contributed by atoms with Gasteiger partial charge in [0.1, 0.15) is 12.1 Å². The van der Waals surface area contributed by atoms with Gasteiger partial charge in [-0.3, -0.25) is 4.90 Å². The molecule has 3 heterocycles. The maximum absolute atomic E-state index is 5.18. The number of aromatic nitrogens is 2. The van der Waals surface area contributed by atoms with Crippen molar-refractivity contribution in [1.82, 2.24) is 14.9 Å². The van der Waals surface area contributed by atoms with E-state index >= 15 is 0 Å². The summed E-state index contributed by atoms with van der Waals surface area (Å²) in [7, 11) is 1.76. The van der Waals surface area contributed by atoms with Crippen LogP contribution in [0, 0.1) is 0 Å². The van der Waals surface area contributed by atoms with E-state index in [1.54, 1.807) is 24.8 Å². The Morgan fingerprint density at radius 3 is 3.10 bits per heavy atom. The number of rotatable bonds is 4. The van der Waals surface area contributed by atoms with Crippen LogP contribution in [-0.2, 0) is 4.74 Å². The monoisotopic (exact) mass is 292 g/mol. The second-order valence-electron chi connectivity index (χ2n) is 5.16. The van der Waals surface area contributed by atoms with E-state index in [1.807, 2.05) is 0 Å². The Bertz CT molecular complexity index is 573. The summed E-state index contributed by atoms with van der Waals surface area (Å²) in [5, 5.41) is 2.08. The van der Waals surface area contributed by atoms with Gasteiger partial charge in [0, 0.05) is 39.3 Å². The largest absolute Gasteiger partial charge is 0.383 e. The third kappa shape index (κ3) is 2.63. The van der Waals surface area contributed by atoms with E-state index in [0.29, 0.717) is 6.04 Å². The quantitative estimate of drug-likeness (QED) is 0.860. The van der Waals surface area contributed by atoms with E-state index in [0.717, 1.165) is 44.1 Å². The molecule has 1 fully saturated rings. The first-order valence-electron chi connectivity index (χ1n) is 6.95. The smallest absolute Gasteiger partial charge is 0.150 e. The molecule has 0 aromatic carbocycles. The molecule has 0 N–H and O–H groups in total. The van der Waals surface area contributed by atoms with Gasteiger partial charge in [-0.15, -0.1) is 11.3 Å². The third-order valence-electron chi connectivity index (χ3n) is 3.87. The van der Waals surface area contributed by atoms with Crippen LogP contribution in [0.2, 0.25) is 0 Å². The summed E-state index contributed by atoms with van der Waals surface area (Å²) in [4.78, 5) is 13.7. The fourth-order valence-corrected chi connectivity index (χ4v) is 3.59. The lowest BCUT2D eigenvalue weighted by Crippen LogP contribution is -2.53. The molecule has 0 saturated carbocycles. The molecule has 3 rings (SSSR count).